The summed E-state index contributed by atoms with van der Waals surface area (Å²) in [5.41, 5.74) is 0. The fraction of sp³-hybridized carbons (Fsp3) is 0.778. The van der Waals surface area contributed by atoms with Crippen LogP contribution in [0.15, 0.2) is 0 Å². The Kier molecular flexibility index (Phi) is 15.5. The Bertz CT molecular complexity index is 535. The summed E-state index contributed by atoms with van der Waals surface area (Å²) in [5, 5.41) is 37.1. The number of hydrogen-bond donors (Lipinski definition) is 4. The van der Waals surface area contributed by atoms with Crippen molar-refractivity contribution in [1.82, 2.24) is 0 Å². The number of hydrogen-bond acceptors (Lipinski definition) is 11. The van der Waals surface area contributed by atoms with Crippen LogP contribution >= 0.6 is 0 Å². The lowest BCUT2D eigenvalue weighted by Gasteiger charge is -2.19. The lowest BCUT2D eigenvalue weighted by Crippen LogP contribution is -2.32. The van der Waals surface area contributed by atoms with Crippen LogP contribution in [0.5, 0.6) is 0 Å². The lowest BCUT2D eigenvalue weighted by atomic mass is 10.2. The highest BCUT2D eigenvalue weighted by molar-refractivity contribution is 5.81. The van der Waals surface area contributed by atoms with Crippen molar-refractivity contribution in [2.24, 2.45) is 0 Å². The normalized spacial score (nSPS) is 13.9. The number of esters is 2. The maximum Gasteiger partial charge on any atom is 0.306 e. The lowest BCUT2D eigenvalue weighted by molar-refractivity contribution is -0.152. The summed E-state index contributed by atoms with van der Waals surface area (Å²) in [6.07, 6.45) is -3.81. The van der Waals surface area contributed by atoms with Crippen molar-refractivity contribution in [2.45, 2.75) is 50.9 Å². The minimum absolute atomic E-state index is 0.0583. The monoisotopic (exact) mass is 438 g/mol. The fourth-order valence-electron chi connectivity index (χ4n) is 1.84. The van der Waals surface area contributed by atoms with Crippen LogP contribution in [0.1, 0.15) is 32.6 Å². The summed E-state index contributed by atoms with van der Waals surface area (Å²) in [5.74, 6) is -2.67. The molecular weight excluding hydrogens is 408 g/mol. The van der Waals surface area contributed by atoms with Gasteiger partial charge in [0.15, 0.2) is 0 Å². The maximum atomic E-state index is 11.3. The molecule has 0 aliphatic heterocycles. The Hall–Kier alpha value is -2.12. The highest BCUT2D eigenvalue weighted by atomic mass is 16.6. The maximum absolute atomic E-state index is 11.3. The molecule has 0 aromatic rings. The van der Waals surface area contributed by atoms with Gasteiger partial charge in [0.2, 0.25) is 0 Å². The smallest absolute Gasteiger partial charge is 0.306 e. The van der Waals surface area contributed by atoms with Gasteiger partial charge in [-0.05, 0) is 6.92 Å². The van der Waals surface area contributed by atoms with Crippen molar-refractivity contribution in [3.05, 3.63) is 0 Å². The molecule has 0 saturated heterocycles. The molecule has 3 unspecified atom stereocenters. The number of ketones is 1. The molecule has 0 spiro atoms. The van der Waals surface area contributed by atoms with Gasteiger partial charge in [-0.3, -0.25) is 14.4 Å². The topological polar surface area (TPSA) is 186 Å². The van der Waals surface area contributed by atoms with Crippen LogP contribution in [-0.4, -0.2) is 102 Å². The van der Waals surface area contributed by atoms with E-state index in [1.165, 1.54) is 6.92 Å². The summed E-state index contributed by atoms with van der Waals surface area (Å²) >= 11 is 0. The zero-order valence-electron chi connectivity index (χ0n) is 16.9. The highest BCUT2D eigenvalue weighted by Gasteiger charge is 2.16. The van der Waals surface area contributed by atoms with Crippen molar-refractivity contribution in [3.63, 3.8) is 0 Å². The molecule has 0 aliphatic rings. The molecule has 0 fully saturated rings. The molecule has 0 saturated carbocycles. The molecule has 4 N–H and O–H groups in total. The van der Waals surface area contributed by atoms with Gasteiger partial charge in [0.25, 0.3) is 0 Å². The predicted molar refractivity (Wildman–Crippen MR) is 98.4 cm³/mol. The molecule has 3 atom stereocenters. The number of carbonyl (C=O) groups excluding carboxylic acids is 3. The van der Waals surface area contributed by atoms with Crippen LogP contribution in [-0.2, 0) is 38.1 Å². The van der Waals surface area contributed by atoms with Crippen LogP contribution < -0.4 is 0 Å². The van der Waals surface area contributed by atoms with Crippen LogP contribution in [0.3, 0.4) is 0 Å². The third-order valence-corrected chi connectivity index (χ3v) is 3.44. The van der Waals surface area contributed by atoms with Gasteiger partial charge < -0.3 is 44.2 Å². The average molecular weight is 438 g/mol. The van der Waals surface area contributed by atoms with E-state index in [-0.39, 0.29) is 64.5 Å². The van der Waals surface area contributed by atoms with Crippen LogP contribution in [0.2, 0.25) is 0 Å². The Morgan fingerprint density at radius 3 is 1.80 bits per heavy atom. The molecule has 0 radical (unpaired) electrons. The largest absolute Gasteiger partial charge is 0.481 e. The zero-order chi connectivity index (χ0) is 22.9. The van der Waals surface area contributed by atoms with Crippen molar-refractivity contribution < 1.29 is 58.6 Å². The minimum atomic E-state index is -1.15. The molecule has 0 amide bonds. The van der Waals surface area contributed by atoms with Crippen molar-refractivity contribution >= 4 is 23.7 Å². The van der Waals surface area contributed by atoms with E-state index in [4.69, 9.17) is 19.3 Å². The SMILES string of the molecule is CC(=O)CCC(=O)OCC(O)COC(CO)COCC(O)COC(=O)CCC(=O)O. The van der Waals surface area contributed by atoms with E-state index in [1.54, 1.807) is 0 Å². The number of carbonyl (C=O) groups is 4. The molecule has 0 rings (SSSR count). The van der Waals surface area contributed by atoms with Gasteiger partial charge in [0, 0.05) is 6.42 Å². The Balaban J connectivity index is 3.91. The number of aliphatic hydroxyl groups excluding tert-OH is 3. The summed E-state index contributed by atoms with van der Waals surface area (Å²) in [6, 6.07) is 0. The number of Topliss-reactive ketones (excluding diaryl/α,β-unsaturated/α-hetero) is 1. The van der Waals surface area contributed by atoms with E-state index in [1.807, 2.05) is 0 Å². The number of carboxylic acids is 1. The van der Waals surface area contributed by atoms with Crippen LogP contribution in [0, 0.1) is 0 Å². The van der Waals surface area contributed by atoms with E-state index < -0.39 is 42.8 Å². The molecule has 174 valence electrons. The van der Waals surface area contributed by atoms with E-state index in [9.17, 15) is 34.5 Å². The van der Waals surface area contributed by atoms with Gasteiger partial charge in [0.1, 0.15) is 37.3 Å². The predicted octanol–water partition coefficient (Wildman–Crippen LogP) is -1.58. The average Bonchev–Trinajstić information content (AvgIpc) is 2.69. The summed E-state index contributed by atoms with van der Waals surface area (Å²) in [6.45, 7) is -0.419. The van der Waals surface area contributed by atoms with E-state index in [0.29, 0.717) is 0 Å². The molecular formula is C18H30O12. The Morgan fingerprint density at radius 1 is 0.767 bits per heavy atom. The third kappa shape index (κ3) is 16.8. The first-order valence-corrected chi connectivity index (χ1v) is 9.32. The first kappa shape index (κ1) is 27.9. The first-order valence-electron chi connectivity index (χ1n) is 9.32. The second kappa shape index (κ2) is 16.7. The van der Waals surface area contributed by atoms with Gasteiger partial charge in [-0.1, -0.05) is 0 Å². The number of ether oxygens (including phenoxy) is 4. The quantitative estimate of drug-likeness (QED) is 0.180. The molecule has 0 heterocycles. The highest BCUT2D eigenvalue weighted by Crippen LogP contribution is 2.00. The molecule has 0 bridgehead atoms. The molecule has 12 heteroatoms. The van der Waals surface area contributed by atoms with Crippen molar-refractivity contribution in [3.8, 4) is 0 Å². The molecule has 0 aliphatic carbocycles. The van der Waals surface area contributed by atoms with Crippen LogP contribution in [0.4, 0.5) is 0 Å². The number of aliphatic hydroxyl groups is 3. The van der Waals surface area contributed by atoms with E-state index in [2.05, 4.69) is 4.74 Å². The molecule has 12 nitrogen and oxygen atoms in total. The van der Waals surface area contributed by atoms with Gasteiger partial charge in [-0.2, -0.15) is 0 Å². The second-order valence-electron chi connectivity index (χ2n) is 6.44. The summed E-state index contributed by atoms with van der Waals surface area (Å²) in [4.78, 5) is 43.7. The van der Waals surface area contributed by atoms with Crippen LogP contribution in [0.25, 0.3) is 0 Å². The Labute approximate surface area is 173 Å². The summed E-state index contributed by atoms with van der Waals surface area (Å²) in [7, 11) is 0. The Morgan fingerprint density at radius 2 is 1.30 bits per heavy atom. The molecule has 0 aromatic carbocycles. The first-order chi connectivity index (χ1) is 14.1. The van der Waals surface area contributed by atoms with Crippen molar-refractivity contribution in [1.29, 1.82) is 0 Å². The van der Waals surface area contributed by atoms with E-state index in [0.717, 1.165) is 0 Å². The number of aliphatic carboxylic acids is 1. The van der Waals surface area contributed by atoms with Gasteiger partial charge in [-0.15, -0.1) is 0 Å². The standard InChI is InChI=1S/C18H30O12/c1-12(20)2-4-17(25)30-10-14(22)8-28-15(6-19)11-27-7-13(21)9-29-18(26)5-3-16(23)24/h13-15,19,21-22H,2-11H2,1H3,(H,23,24). The molecule has 30 heavy (non-hydrogen) atoms. The van der Waals surface area contributed by atoms with Gasteiger partial charge >= 0.3 is 17.9 Å². The van der Waals surface area contributed by atoms with E-state index >= 15 is 0 Å². The van der Waals surface area contributed by atoms with Gasteiger partial charge in [0.05, 0.1) is 45.7 Å². The fourth-order valence-corrected chi connectivity index (χ4v) is 1.84. The third-order valence-electron chi connectivity index (χ3n) is 3.44. The second-order valence-corrected chi connectivity index (χ2v) is 6.44. The summed E-state index contributed by atoms with van der Waals surface area (Å²) < 4.78 is 19.8. The zero-order valence-corrected chi connectivity index (χ0v) is 16.9. The molecule has 0 aromatic heterocycles. The minimum Gasteiger partial charge on any atom is -0.481 e. The van der Waals surface area contributed by atoms with Gasteiger partial charge in [-0.25, -0.2) is 0 Å². The number of rotatable bonds is 18. The number of carboxylic acid groups (broad SMARTS) is 1. The van der Waals surface area contributed by atoms with Crippen molar-refractivity contribution in [2.75, 3.05) is 39.6 Å².